The molecule has 0 spiro atoms. The number of ether oxygens (including phenoxy) is 1. The molecule has 1 aliphatic heterocycles. The molecule has 5 heterocycles. The van der Waals surface area contributed by atoms with Gasteiger partial charge in [0.2, 0.25) is 0 Å². The first-order valence-corrected chi connectivity index (χ1v) is 14.5. The van der Waals surface area contributed by atoms with Gasteiger partial charge in [0.25, 0.3) is 11.5 Å². The largest absolute Gasteiger partial charge is 0.356 e. The van der Waals surface area contributed by atoms with Crippen LogP contribution in [0.2, 0.25) is 5.02 Å². The minimum Gasteiger partial charge on any atom is -0.356 e. The highest BCUT2D eigenvalue weighted by Crippen LogP contribution is 2.32. The Balaban J connectivity index is 1.15. The number of rotatable bonds is 8. The lowest BCUT2D eigenvalue weighted by Crippen LogP contribution is -2.27. The molecule has 2 atom stereocenters. The minimum atomic E-state index is -0.374. The first-order chi connectivity index (χ1) is 20.4. The number of aromatic nitrogens is 5. The Kier molecular flexibility index (Phi) is 8.12. The van der Waals surface area contributed by atoms with Gasteiger partial charge in [-0.15, -0.1) is 0 Å². The highest BCUT2D eigenvalue weighted by molar-refractivity contribution is 6.31. The third kappa shape index (κ3) is 6.12. The van der Waals surface area contributed by atoms with E-state index in [1.807, 2.05) is 54.1 Å². The Labute approximate surface area is 248 Å². The van der Waals surface area contributed by atoms with Gasteiger partial charge in [-0.3, -0.25) is 19.6 Å². The lowest BCUT2D eigenvalue weighted by Gasteiger charge is -2.23. The SMILES string of the molecule is CC(NC(=O)c1cncc(Cc2ccc(Cn3ccccc3=O)nc2)c1)c1nn(C2CCCCO2)c2ccc(Cl)cc12. The Morgan fingerprint density at radius 1 is 1.10 bits per heavy atom. The van der Waals surface area contributed by atoms with Gasteiger partial charge >= 0.3 is 0 Å². The lowest BCUT2D eigenvalue weighted by molar-refractivity contribution is -0.0369. The summed E-state index contributed by atoms with van der Waals surface area (Å²) in [5.41, 5.74) is 4.72. The zero-order chi connectivity index (χ0) is 29.1. The van der Waals surface area contributed by atoms with E-state index in [0.717, 1.165) is 52.7 Å². The molecule has 214 valence electrons. The molecule has 1 amide bonds. The van der Waals surface area contributed by atoms with E-state index in [0.29, 0.717) is 30.2 Å². The normalized spacial score (nSPS) is 15.9. The first-order valence-electron chi connectivity index (χ1n) is 14.1. The van der Waals surface area contributed by atoms with Crippen LogP contribution in [0.15, 0.2) is 84.2 Å². The number of benzene rings is 1. The zero-order valence-electron chi connectivity index (χ0n) is 23.2. The van der Waals surface area contributed by atoms with Crippen LogP contribution in [0.3, 0.4) is 0 Å². The van der Waals surface area contributed by atoms with Crippen molar-refractivity contribution >= 4 is 28.4 Å². The van der Waals surface area contributed by atoms with Gasteiger partial charge < -0.3 is 14.6 Å². The first kappa shape index (κ1) is 27.8. The van der Waals surface area contributed by atoms with Crippen molar-refractivity contribution < 1.29 is 9.53 Å². The molecule has 2 unspecified atom stereocenters. The van der Waals surface area contributed by atoms with Crippen LogP contribution >= 0.6 is 11.6 Å². The highest BCUT2D eigenvalue weighted by atomic mass is 35.5. The molecule has 0 aliphatic carbocycles. The molecule has 6 rings (SSSR count). The van der Waals surface area contributed by atoms with Gasteiger partial charge in [0.15, 0.2) is 6.23 Å². The second-order valence-electron chi connectivity index (χ2n) is 10.6. The van der Waals surface area contributed by atoms with Crippen molar-refractivity contribution in [3.05, 3.63) is 123 Å². The fourth-order valence-corrected chi connectivity index (χ4v) is 5.48. The predicted molar refractivity (Wildman–Crippen MR) is 161 cm³/mol. The Bertz CT molecular complexity index is 1780. The molecule has 0 saturated carbocycles. The van der Waals surface area contributed by atoms with E-state index in [9.17, 15) is 9.59 Å². The summed E-state index contributed by atoms with van der Waals surface area (Å²) < 4.78 is 9.53. The molecule has 42 heavy (non-hydrogen) atoms. The van der Waals surface area contributed by atoms with Crippen molar-refractivity contribution in [1.82, 2.24) is 29.6 Å². The van der Waals surface area contributed by atoms with Gasteiger partial charge in [0, 0.05) is 54.3 Å². The third-order valence-electron chi connectivity index (χ3n) is 7.47. The summed E-state index contributed by atoms with van der Waals surface area (Å²) in [6.45, 7) is 3.03. The standard InChI is InChI=1S/C32H31ClN6O3/c1-21(31-27-16-25(33)9-11-28(27)39(37-31)30-7-3-5-13-42-30)36-32(41)24-15-23(17-34-19-24)14-22-8-10-26(35-18-22)20-38-12-4-2-6-29(38)40/h2,4,6,8-12,15-19,21,30H,3,5,7,13-14,20H2,1H3,(H,36,41). The van der Waals surface area contributed by atoms with Crippen LogP contribution in [0.25, 0.3) is 10.9 Å². The molecule has 0 radical (unpaired) electrons. The highest BCUT2D eigenvalue weighted by Gasteiger charge is 2.24. The molecule has 9 nitrogen and oxygen atoms in total. The van der Waals surface area contributed by atoms with E-state index >= 15 is 0 Å². The van der Waals surface area contributed by atoms with E-state index in [-0.39, 0.29) is 23.7 Å². The number of hydrogen-bond acceptors (Lipinski definition) is 6. The summed E-state index contributed by atoms with van der Waals surface area (Å²) in [6, 6.07) is 16.1. The lowest BCUT2D eigenvalue weighted by atomic mass is 10.1. The van der Waals surface area contributed by atoms with Crippen LogP contribution in [-0.4, -0.2) is 36.8 Å². The number of carbonyl (C=O) groups excluding carboxylic acids is 1. The summed E-state index contributed by atoms with van der Waals surface area (Å²) in [5.74, 6) is -0.239. The van der Waals surface area contributed by atoms with E-state index < -0.39 is 0 Å². The van der Waals surface area contributed by atoms with Crippen molar-refractivity contribution in [2.45, 2.75) is 51.4 Å². The number of carbonyl (C=O) groups is 1. The average Bonchev–Trinajstić information content (AvgIpc) is 3.39. The van der Waals surface area contributed by atoms with Gasteiger partial charge in [-0.1, -0.05) is 23.7 Å². The van der Waals surface area contributed by atoms with Crippen LogP contribution in [0.1, 0.15) is 71.3 Å². The maximum atomic E-state index is 13.3. The van der Waals surface area contributed by atoms with Gasteiger partial charge in [0.05, 0.1) is 35.1 Å². The molecule has 1 N–H and O–H groups in total. The third-order valence-corrected chi connectivity index (χ3v) is 7.70. The van der Waals surface area contributed by atoms with E-state index in [1.165, 1.54) is 6.07 Å². The molecule has 0 bridgehead atoms. The van der Waals surface area contributed by atoms with Gasteiger partial charge in [-0.25, -0.2) is 4.68 Å². The maximum absolute atomic E-state index is 13.3. The van der Waals surface area contributed by atoms with Gasteiger partial charge in [-0.2, -0.15) is 5.10 Å². The second kappa shape index (κ2) is 12.3. The number of nitrogens with one attached hydrogen (secondary N) is 1. The van der Waals surface area contributed by atoms with E-state index in [2.05, 4.69) is 15.3 Å². The smallest absolute Gasteiger partial charge is 0.253 e. The van der Waals surface area contributed by atoms with Crippen molar-refractivity contribution in [3.8, 4) is 0 Å². The maximum Gasteiger partial charge on any atom is 0.253 e. The number of hydrogen-bond donors (Lipinski definition) is 1. The molecule has 1 aromatic carbocycles. The van der Waals surface area contributed by atoms with Crippen molar-refractivity contribution in [2.75, 3.05) is 6.61 Å². The fourth-order valence-electron chi connectivity index (χ4n) is 5.30. The van der Waals surface area contributed by atoms with Crippen LogP contribution < -0.4 is 10.9 Å². The Morgan fingerprint density at radius 3 is 2.79 bits per heavy atom. The van der Waals surface area contributed by atoms with Crippen molar-refractivity contribution in [3.63, 3.8) is 0 Å². The van der Waals surface area contributed by atoms with E-state index in [4.69, 9.17) is 21.4 Å². The molecular weight excluding hydrogens is 552 g/mol. The number of amides is 1. The van der Waals surface area contributed by atoms with Crippen molar-refractivity contribution in [1.29, 1.82) is 0 Å². The molecule has 1 aliphatic rings. The van der Waals surface area contributed by atoms with Crippen LogP contribution in [0.5, 0.6) is 0 Å². The second-order valence-corrected chi connectivity index (χ2v) is 11.0. The van der Waals surface area contributed by atoms with Crippen LogP contribution in [0.4, 0.5) is 0 Å². The van der Waals surface area contributed by atoms with Crippen LogP contribution in [0, 0.1) is 0 Å². The summed E-state index contributed by atoms with van der Waals surface area (Å²) in [6.07, 6.45) is 10.3. The summed E-state index contributed by atoms with van der Waals surface area (Å²) >= 11 is 6.35. The molecule has 10 heteroatoms. The quantitative estimate of drug-likeness (QED) is 0.260. The zero-order valence-corrected chi connectivity index (χ0v) is 24.0. The summed E-state index contributed by atoms with van der Waals surface area (Å²) in [5, 5.41) is 9.48. The number of fused-ring (bicyclic) bond motifs is 1. The van der Waals surface area contributed by atoms with Crippen LogP contribution in [-0.2, 0) is 17.7 Å². The molecule has 1 fully saturated rings. The molecule has 1 saturated heterocycles. The Hall–Kier alpha value is -4.34. The fraction of sp³-hybridized carbons (Fsp3) is 0.281. The summed E-state index contributed by atoms with van der Waals surface area (Å²) in [4.78, 5) is 34.1. The minimum absolute atomic E-state index is 0.0672. The average molecular weight is 583 g/mol. The predicted octanol–water partition coefficient (Wildman–Crippen LogP) is 5.47. The van der Waals surface area contributed by atoms with E-state index in [1.54, 1.807) is 35.4 Å². The summed E-state index contributed by atoms with van der Waals surface area (Å²) in [7, 11) is 0. The number of nitrogens with zero attached hydrogens (tertiary/aromatic N) is 5. The molecule has 4 aromatic heterocycles. The molecule has 5 aromatic rings. The number of pyridine rings is 3. The van der Waals surface area contributed by atoms with Crippen molar-refractivity contribution in [2.24, 2.45) is 0 Å². The van der Waals surface area contributed by atoms with Gasteiger partial charge in [0.1, 0.15) is 0 Å². The number of halogens is 1. The monoisotopic (exact) mass is 582 g/mol. The van der Waals surface area contributed by atoms with Gasteiger partial charge in [-0.05, 0) is 73.7 Å². The molecular formula is C32H31ClN6O3. The Morgan fingerprint density at radius 2 is 2.00 bits per heavy atom. The topological polar surface area (TPSA) is 104 Å².